The molecule has 1 N–H and O–H groups in total. The Kier molecular flexibility index (Phi) is 9.56. The summed E-state index contributed by atoms with van der Waals surface area (Å²) in [5, 5.41) is 2.87. The van der Waals surface area contributed by atoms with E-state index < -0.39 is 28.5 Å². The molecular weight excluding hydrogens is 510 g/mol. The number of aryl methyl sites for hydroxylation is 4. The predicted molar refractivity (Wildman–Crippen MR) is 156 cm³/mol. The highest BCUT2D eigenvalue weighted by atomic mass is 32.2. The van der Waals surface area contributed by atoms with Crippen molar-refractivity contribution in [3.05, 3.63) is 94.5 Å². The van der Waals surface area contributed by atoms with Crippen LogP contribution in [0.2, 0.25) is 0 Å². The lowest BCUT2D eigenvalue weighted by molar-refractivity contribution is -0.139. The molecule has 208 valence electrons. The van der Waals surface area contributed by atoms with Crippen LogP contribution < -0.4 is 9.62 Å². The highest BCUT2D eigenvalue weighted by Gasteiger charge is 2.33. The van der Waals surface area contributed by atoms with Gasteiger partial charge in [-0.05, 0) is 83.4 Å². The number of carbonyl (C=O) groups is 2. The lowest BCUT2D eigenvalue weighted by atomic mass is 10.1. The first-order valence-corrected chi connectivity index (χ1v) is 14.6. The Labute approximate surface area is 232 Å². The number of hydrogen-bond acceptors (Lipinski definition) is 4. The van der Waals surface area contributed by atoms with E-state index in [4.69, 9.17) is 0 Å². The molecule has 0 saturated carbocycles. The van der Waals surface area contributed by atoms with E-state index in [0.717, 1.165) is 27.8 Å². The van der Waals surface area contributed by atoms with Crippen LogP contribution in [0.5, 0.6) is 0 Å². The lowest BCUT2D eigenvalue weighted by Gasteiger charge is -2.33. The molecule has 8 heteroatoms. The minimum atomic E-state index is -4.10. The topological polar surface area (TPSA) is 86.8 Å². The highest BCUT2D eigenvalue weighted by molar-refractivity contribution is 7.92. The molecule has 0 aliphatic rings. The van der Waals surface area contributed by atoms with Gasteiger partial charge in [0.15, 0.2) is 0 Å². The van der Waals surface area contributed by atoms with E-state index in [9.17, 15) is 18.0 Å². The number of benzene rings is 3. The number of carbonyl (C=O) groups excluding carboxylic acids is 2. The fraction of sp³-hybridized carbons (Fsp3) is 0.355. The number of nitrogens with zero attached hydrogens (tertiary/aromatic N) is 2. The van der Waals surface area contributed by atoms with Crippen molar-refractivity contribution < 1.29 is 18.0 Å². The van der Waals surface area contributed by atoms with Crippen LogP contribution in [0.1, 0.15) is 48.6 Å². The molecule has 2 amide bonds. The van der Waals surface area contributed by atoms with Gasteiger partial charge in [0.25, 0.3) is 10.0 Å². The Hall–Kier alpha value is -3.65. The number of rotatable bonds is 10. The molecule has 0 radical (unpaired) electrons. The van der Waals surface area contributed by atoms with Crippen molar-refractivity contribution >= 4 is 27.5 Å². The molecule has 0 spiro atoms. The summed E-state index contributed by atoms with van der Waals surface area (Å²) in [5.41, 5.74) is 4.83. The van der Waals surface area contributed by atoms with Crippen molar-refractivity contribution in [2.45, 2.75) is 72.0 Å². The first-order valence-electron chi connectivity index (χ1n) is 13.1. The van der Waals surface area contributed by atoms with Crippen molar-refractivity contribution in [2.24, 2.45) is 0 Å². The normalized spacial score (nSPS) is 12.2. The lowest BCUT2D eigenvalue weighted by Crippen LogP contribution is -2.52. The van der Waals surface area contributed by atoms with Gasteiger partial charge in [0.05, 0.1) is 10.6 Å². The molecule has 0 aliphatic carbocycles. The van der Waals surface area contributed by atoms with Crippen LogP contribution >= 0.6 is 0 Å². The van der Waals surface area contributed by atoms with Gasteiger partial charge in [0.2, 0.25) is 11.8 Å². The maximum Gasteiger partial charge on any atom is 0.264 e. The zero-order valence-corrected chi connectivity index (χ0v) is 24.7. The smallest absolute Gasteiger partial charge is 0.264 e. The van der Waals surface area contributed by atoms with E-state index >= 15 is 0 Å². The minimum Gasteiger partial charge on any atom is -0.352 e. The quantitative estimate of drug-likeness (QED) is 0.383. The summed E-state index contributed by atoms with van der Waals surface area (Å²) in [7, 11) is -4.10. The molecule has 0 aliphatic heterocycles. The van der Waals surface area contributed by atoms with Crippen molar-refractivity contribution in [3.63, 3.8) is 0 Å². The number of hydrogen-bond donors (Lipinski definition) is 1. The number of sulfonamides is 1. The summed E-state index contributed by atoms with van der Waals surface area (Å²) in [6.45, 7) is 12.6. The molecule has 0 fully saturated rings. The van der Waals surface area contributed by atoms with Crippen LogP contribution in [0.25, 0.3) is 0 Å². The van der Waals surface area contributed by atoms with E-state index in [2.05, 4.69) is 5.32 Å². The Morgan fingerprint density at radius 2 is 1.44 bits per heavy atom. The van der Waals surface area contributed by atoms with Gasteiger partial charge in [-0.2, -0.15) is 0 Å². The molecule has 3 rings (SSSR count). The molecule has 39 heavy (non-hydrogen) atoms. The third-order valence-electron chi connectivity index (χ3n) is 6.55. The van der Waals surface area contributed by atoms with Gasteiger partial charge in [0.1, 0.15) is 12.6 Å². The molecule has 7 nitrogen and oxygen atoms in total. The van der Waals surface area contributed by atoms with Gasteiger partial charge in [-0.3, -0.25) is 13.9 Å². The second kappa shape index (κ2) is 12.5. The van der Waals surface area contributed by atoms with Gasteiger partial charge in [-0.15, -0.1) is 0 Å². The summed E-state index contributed by atoms with van der Waals surface area (Å²) in [6.07, 6.45) is 0. The standard InChI is InChI=1S/C31H39N3O4S/c1-21(2)32-31(36)26(7)33(19-27-10-8-9-23(4)17-27)30(35)20-34(29-18-24(5)11-14-25(29)6)39(37,38)28-15-12-22(3)13-16-28/h8-18,21,26H,19-20H2,1-7H3,(H,32,36). The van der Waals surface area contributed by atoms with Gasteiger partial charge >= 0.3 is 0 Å². The zero-order valence-electron chi connectivity index (χ0n) is 23.9. The largest absolute Gasteiger partial charge is 0.352 e. The fourth-order valence-corrected chi connectivity index (χ4v) is 5.80. The van der Waals surface area contributed by atoms with Crippen LogP contribution in [-0.4, -0.2) is 43.8 Å². The molecule has 0 bridgehead atoms. The van der Waals surface area contributed by atoms with Crippen molar-refractivity contribution in [3.8, 4) is 0 Å². The maximum atomic E-state index is 14.0. The Bertz CT molecular complexity index is 1430. The van der Waals surface area contributed by atoms with Crippen LogP contribution in [-0.2, 0) is 26.2 Å². The third kappa shape index (κ3) is 7.47. The Balaban J connectivity index is 2.08. The van der Waals surface area contributed by atoms with Gasteiger partial charge < -0.3 is 10.2 Å². The molecule has 0 heterocycles. The third-order valence-corrected chi connectivity index (χ3v) is 8.33. The van der Waals surface area contributed by atoms with E-state index in [-0.39, 0.29) is 23.4 Å². The van der Waals surface area contributed by atoms with E-state index in [1.54, 1.807) is 37.3 Å². The molecule has 1 unspecified atom stereocenters. The van der Waals surface area contributed by atoms with Crippen molar-refractivity contribution in [1.29, 1.82) is 0 Å². The van der Waals surface area contributed by atoms with Crippen molar-refractivity contribution in [2.75, 3.05) is 10.8 Å². The summed E-state index contributed by atoms with van der Waals surface area (Å²) in [5.74, 6) is -0.773. The predicted octanol–water partition coefficient (Wildman–Crippen LogP) is 5.06. The van der Waals surface area contributed by atoms with Crippen LogP contribution in [0.3, 0.4) is 0 Å². The van der Waals surface area contributed by atoms with Gasteiger partial charge in [-0.25, -0.2) is 8.42 Å². The van der Waals surface area contributed by atoms with Gasteiger partial charge in [-0.1, -0.05) is 59.7 Å². The minimum absolute atomic E-state index is 0.0950. The maximum absolute atomic E-state index is 14.0. The van der Waals surface area contributed by atoms with Crippen LogP contribution in [0, 0.1) is 27.7 Å². The average molecular weight is 550 g/mol. The van der Waals surface area contributed by atoms with Crippen molar-refractivity contribution in [1.82, 2.24) is 10.2 Å². The Morgan fingerprint density at radius 3 is 2.05 bits per heavy atom. The number of anilines is 1. The summed E-state index contributed by atoms with van der Waals surface area (Å²) < 4.78 is 29.2. The van der Waals surface area contributed by atoms with Gasteiger partial charge in [0, 0.05) is 12.6 Å². The molecule has 3 aromatic carbocycles. The molecule has 0 saturated heterocycles. The number of amides is 2. The van der Waals surface area contributed by atoms with E-state index in [0.29, 0.717) is 5.69 Å². The SMILES string of the molecule is Cc1ccc(S(=O)(=O)N(CC(=O)N(Cc2cccc(C)c2)C(C)C(=O)NC(C)C)c2cc(C)ccc2C)cc1. The fourth-order valence-electron chi connectivity index (χ4n) is 4.33. The van der Waals surface area contributed by atoms with E-state index in [1.807, 2.05) is 77.9 Å². The molecule has 3 aromatic rings. The second-order valence-corrected chi connectivity index (χ2v) is 12.3. The second-order valence-electron chi connectivity index (χ2n) is 10.5. The monoisotopic (exact) mass is 549 g/mol. The number of nitrogens with one attached hydrogen (secondary N) is 1. The summed E-state index contributed by atoms with van der Waals surface area (Å²) in [6, 6.07) is 18.9. The summed E-state index contributed by atoms with van der Waals surface area (Å²) in [4.78, 5) is 28.6. The molecule has 1 atom stereocenters. The van der Waals surface area contributed by atoms with Crippen LogP contribution in [0.4, 0.5) is 5.69 Å². The summed E-state index contributed by atoms with van der Waals surface area (Å²) >= 11 is 0. The first-order chi connectivity index (χ1) is 18.3. The first kappa shape index (κ1) is 29.9. The van der Waals surface area contributed by atoms with E-state index in [1.165, 1.54) is 9.21 Å². The molecule has 0 aromatic heterocycles. The van der Waals surface area contributed by atoms with Crippen LogP contribution in [0.15, 0.2) is 71.6 Å². The highest BCUT2D eigenvalue weighted by Crippen LogP contribution is 2.28. The average Bonchev–Trinajstić information content (AvgIpc) is 2.86. The Morgan fingerprint density at radius 1 is 0.821 bits per heavy atom. The zero-order chi connectivity index (χ0) is 28.9. The molecular formula is C31H39N3O4S.